The molecule has 26 heavy (non-hydrogen) atoms. The van der Waals surface area contributed by atoms with Crippen LogP contribution in [-0.4, -0.2) is 47.1 Å². The van der Waals surface area contributed by atoms with E-state index in [1.54, 1.807) is 19.1 Å². The number of aliphatic hydroxyl groups excluding tert-OH is 2. The lowest BCUT2D eigenvalue weighted by Gasteiger charge is -2.28. The van der Waals surface area contributed by atoms with Gasteiger partial charge in [-0.1, -0.05) is 29.9 Å². The Balaban J connectivity index is 2.41. The van der Waals surface area contributed by atoms with Gasteiger partial charge in [-0.25, -0.2) is 9.59 Å². The van der Waals surface area contributed by atoms with Crippen molar-refractivity contribution in [3.63, 3.8) is 0 Å². The number of carbonyl (C=O) groups excluding carboxylic acids is 2. The zero-order chi connectivity index (χ0) is 19.4. The number of ether oxygens (including phenoxy) is 2. The first kappa shape index (κ1) is 20.1. The van der Waals surface area contributed by atoms with Crippen LogP contribution in [0, 0.1) is 5.92 Å². The minimum atomic E-state index is -0.696. The topological polar surface area (TPSA) is 93.1 Å². The van der Waals surface area contributed by atoms with E-state index in [0.29, 0.717) is 12.8 Å². The van der Waals surface area contributed by atoms with Crippen LogP contribution in [-0.2, 0) is 19.1 Å². The fourth-order valence-corrected chi connectivity index (χ4v) is 3.36. The number of esters is 2. The fourth-order valence-electron chi connectivity index (χ4n) is 3.36. The molecule has 0 aromatic heterocycles. The second-order valence-corrected chi connectivity index (χ2v) is 6.84. The molecule has 1 aliphatic heterocycles. The van der Waals surface area contributed by atoms with Crippen LogP contribution in [0.4, 0.5) is 0 Å². The average Bonchev–Trinajstić information content (AvgIpc) is 2.81. The minimum absolute atomic E-state index is 0.142. The third-order valence-corrected chi connectivity index (χ3v) is 4.68. The molecule has 1 heterocycles. The molecule has 0 bridgehead atoms. The molecule has 2 N–H and O–H groups in total. The molecule has 0 amide bonds. The van der Waals surface area contributed by atoms with Gasteiger partial charge in [0, 0.05) is 12.0 Å². The van der Waals surface area contributed by atoms with E-state index in [1.807, 2.05) is 13.8 Å². The summed E-state index contributed by atoms with van der Waals surface area (Å²) in [5.41, 5.74) is 2.11. The van der Waals surface area contributed by atoms with Gasteiger partial charge < -0.3 is 19.7 Å². The molecule has 2 rings (SSSR count). The largest absolute Gasteiger partial charge is 0.458 e. The maximum atomic E-state index is 12.3. The van der Waals surface area contributed by atoms with Gasteiger partial charge in [0.1, 0.15) is 12.2 Å². The minimum Gasteiger partial charge on any atom is -0.458 e. The van der Waals surface area contributed by atoms with E-state index in [-0.39, 0.29) is 11.1 Å². The summed E-state index contributed by atoms with van der Waals surface area (Å²) in [6.07, 6.45) is 3.79. The molecule has 0 radical (unpaired) electrons. The third-order valence-electron chi connectivity index (χ3n) is 4.68. The van der Waals surface area contributed by atoms with Gasteiger partial charge in [-0.15, -0.1) is 0 Å². The van der Waals surface area contributed by atoms with E-state index in [0.717, 1.165) is 11.1 Å². The zero-order valence-electron chi connectivity index (χ0n) is 15.4. The quantitative estimate of drug-likeness (QED) is 0.453. The lowest BCUT2D eigenvalue weighted by atomic mass is 9.85. The molecular weight excluding hydrogens is 336 g/mol. The van der Waals surface area contributed by atoms with Crippen molar-refractivity contribution in [3.05, 3.63) is 47.1 Å². The molecule has 0 aromatic rings. The van der Waals surface area contributed by atoms with Crippen molar-refractivity contribution < 1.29 is 29.3 Å². The highest BCUT2D eigenvalue weighted by Crippen LogP contribution is 2.36. The van der Waals surface area contributed by atoms with Gasteiger partial charge >= 0.3 is 11.9 Å². The summed E-state index contributed by atoms with van der Waals surface area (Å²) >= 11 is 0. The average molecular weight is 362 g/mol. The Hall–Kier alpha value is -2.18. The summed E-state index contributed by atoms with van der Waals surface area (Å²) in [5, 5.41) is 19.4. The Bertz CT molecular complexity index is 684. The summed E-state index contributed by atoms with van der Waals surface area (Å²) in [7, 11) is 0. The predicted molar refractivity (Wildman–Crippen MR) is 96.0 cm³/mol. The molecule has 6 nitrogen and oxygen atoms in total. The number of allylic oxidation sites excluding steroid dienone is 1. The Morgan fingerprint density at radius 2 is 2.00 bits per heavy atom. The molecule has 0 unspecified atom stereocenters. The predicted octanol–water partition coefficient (Wildman–Crippen LogP) is 1.98. The molecule has 2 aliphatic rings. The lowest BCUT2D eigenvalue weighted by molar-refractivity contribution is -0.147. The SMILES string of the molecule is C=C1C(=O)O[C@@H]2C=C(C)C[C@H](O)C=C(C)C[C@@H](OC(=O)C(=CC)CO)[C@@H]12. The zero-order valence-corrected chi connectivity index (χ0v) is 15.4. The standard InChI is InChI=1S/C20H26O6/c1-5-14(10-21)20(24)26-17-9-12(3)7-15(22)6-11(2)8-16-18(17)13(4)19(23)25-16/h5,7-8,15-18,21-22H,4,6,9-10H2,1-3H3/t15-,16+,17+,18-/m0/s1. The summed E-state index contributed by atoms with van der Waals surface area (Å²) in [4.78, 5) is 24.4. The van der Waals surface area contributed by atoms with Gasteiger partial charge in [0.15, 0.2) is 0 Å². The smallest absolute Gasteiger partial charge is 0.336 e. The monoisotopic (exact) mass is 362 g/mol. The Kier molecular flexibility index (Phi) is 6.56. The number of hydrogen-bond donors (Lipinski definition) is 2. The highest BCUT2D eigenvalue weighted by Gasteiger charge is 2.44. The van der Waals surface area contributed by atoms with E-state index in [9.17, 15) is 19.8 Å². The number of hydrogen-bond acceptors (Lipinski definition) is 6. The second kappa shape index (κ2) is 8.47. The lowest BCUT2D eigenvalue weighted by Crippen LogP contribution is -2.34. The van der Waals surface area contributed by atoms with E-state index in [4.69, 9.17) is 9.47 Å². The molecule has 1 aliphatic carbocycles. The maximum Gasteiger partial charge on any atom is 0.336 e. The molecule has 0 spiro atoms. The van der Waals surface area contributed by atoms with Crippen LogP contribution in [0.25, 0.3) is 0 Å². The van der Waals surface area contributed by atoms with Crippen molar-refractivity contribution in [2.75, 3.05) is 6.61 Å². The first-order valence-electron chi connectivity index (χ1n) is 8.66. The van der Waals surface area contributed by atoms with E-state index < -0.39 is 42.8 Å². The van der Waals surface area contributed by atoms with Crippen molar-refractivity contribution >= 4 is 11.9 Å². The summed E-state index contributed by atoms with van der Waals surface area (Å²) < 4.78 is 11.0. The van der Waals surface area contributed by atoms with Gasteiger partial charge in [-0.3, -0.25) is 0 Å². The maximum absolute atomic E-state index is 12.3. The number of carbonyl (C=O) groups is 2. The van der Waals surface area contributed by atoms with Gasteiger partial charge in [0.05, 0.1) is 24.2 Å². The van der Waals surface area contributed by atoms with Crippen LogP contribution in [0.2, 0.25) is 0 Å². The molecule has 6 heteroatoms. The fraction of sp³-hybridized carbons (Fsp3) is 0.500. The van der Waals surface area contributed by atoms with Gasteiger partial charge in [-0.05, 0) is 33.3 Å². The highest BCUT2D eigenvalue weighted by atomic mass is 16.6. The molecule has 1 saturated heterocycles. The summed E-state index contributed by atoms with van der Waals surface area (Å²) in [6, 6.07) is 0. The summed E-state index contributed by atoms with van der Waals surface area (Å²) in [6.45, 7) is 8.72. The second-order valence-electron chi connectivity index (χ2n) is 6.84. The molecule has 0 aromatic carbocycles. The normalized spacial score (nSPS) is 30.1. The summed E-state index contributed by atoms with van der Waals surface area (Å²) in [5.74, 6) is -1.67. The Morgan fingerprint density at radius 3 is 2.62 bits per heavy atom. The third kappa shape index (κ3) is 4.51. The van der Waals surface area contributed by atoms with Crippen molar-refractivity contribution in [1.82, 2.24) is 0 Å². The van der Waals surface area contributed by atoms with E-state index in [2.05, 4.69) is 6.58 Å². The Morgan fingerprint density at radius 1 is 1.35 bits per heavy atom. The molecule has 0 saturated carbocycles. The first-order chi connectivity index (χ1) is 12.3. The van der Waals surface area contributed by atoms with Crippen LogP contribution < -0.4 is 0 Å². The van der Waals surface area contributed by atoms with E-state index in [1.165, 1.54) is 6.08 Å². The van der Waals surface area contributed by atoms with Crippen LogP contribution in [0.15, 0.2) is 47.1 Å². The molecule has 4 atom stereocenters. The van der Waals surface area contributed by atoms with Crippen molar-refractivity contribution in [3.8, 4) is 0 Å². The van der Waals surface area contributed by atoms with Crippen LogP contribution in [0.5, 0.6) is 0 Å². The Labute approximate surface area is 153 Å². The molecule has 142 valence electrons. The molecular formula is C20H26O6. The highest BCUT2D eigenvalue weighted by molar-refractivity contribution is 5.92. The van der Waals surface area contributed by atoms with Crippen LogP contribution in [0.1, 0.15) is 33.6 Å². The number of aliphatic hydroxyl groups is 2. The number of rotatable bonds is 3. The van der Waals surface area contributed by atoms with Gasteiger partial charge in [0.25, 0.3) is 0 Å². The first-order valence-corrected chi connectivity index (χ1v) is 8.66. The number of fused-ring (bicyclic) bond motifs is 1. The van der Waals surface area contributed by atoms with Crippen LogP contribution in [0.3, 0.4) is 0 Å². The van der Waals surface area contributed by atoms with Gasteiger partial charge in [-0.2, -0.15) is 0 Å². The van der Waals surface area contributed by atoms with E-state index >= 15 is 0 Å². The van der Waals surface area contributed by atoms with Crippen molar-refractivity contribution in [2.45, 2.75) is 51.9 Å². The van der Waals surface area contributed by atoms with Crippen molar-refractivity contribution in [2.24, 2.45) is 5.92 Å². The van der Waals surface area contributed by atoms with Crippen LogP contribution >= 0.6 is 0 Å². The molecule has 1 fully saturated rings. The van der Waals surface area contributed by atoms with Gasteiger partial charge in [0.2, 0.25) is 0 Å². The van der Waals surface area contributed by atoms with Crippen molar-refractivity contribution in [1.29, 1.82) is 0 Å².